The molecule has 0 saturated heterocycles. The molecule has 0 atom stereocenters. The molecule has 2 aromatic rings. The zero-order valence-electron chi connectivity index (χ0n) is 11.1. The maximum atomic E-state index is 11.6. The van der Waals surface area contributed by atoms with E-state index in [0.717, 1.165) is 17.5 Å². The topological polar surface area (TPSA) is 67.2 Å². The van der Waals surface area contributed by atoms with E-state index in [1.54, 1.807) is 13.2 Å². The number of halogens is 1. The van der Waals surface area contributed by atoms with Crippen LogP contribution in [-0.4, -0.2) is 21.4 Å². The fraction of sp³-hybridized carbons (Fsp3) is 0.286. The Labute approximate surface area is 121 Å². The van der Waals surface area contributed by atoms with E-state index >= 15 is 0 Å². The number of nitrogens with zero attached hydrogens (tertiary/aromatic N) is 2. The van der Waals surface area contributed by atoms with Crippen molar-refractivity contribution >= 4 is 17.3 Å². The molecule has 1 aromatic carbocycles. The van der Waals surface area contributed by atoms with Crippen molar-refractivity contribution < 1.29 is 5.11 Å². The zero-order chi connectivity index (χ0) is 14.5. The van der Waals surface area contributed by atoms with Gasteiger partial charge in [0.1, 0.15) is 5.02 Å². The number of hydrogen-bond donors (Lipinski definition) is 2. The average molecular weight is 294 g/mol. The van der Waals surface area contributed by atoms with Crippen molar-refractivity contribution in [2.45, 2.75) is 13.0 Å². The molecule has 1 aromatic heterocycles. The van der Waals surface area contributed by atoms with Crippen LogP contribution in [0.5, 0.6) is 0 Å². The summed E-state index contributed by atoms with van der Waals surface area (Å²) in [6.07, 6.45) is 2.33. The molecule has 0 amide bonds. The second-order valence-electron chi connectivity index (χ2n) is 4.45. The largest absolute Gasteiger partial charge is 0.392 e. The number of aryl methyl sites for hydroxylation is 1. The van der Waals surface area contributed by atoms with Crippen molar-refractivity contribution in [2.75, 3.05) is 11.9 Å². The van der Waals surface area contributed by atoms with Crippen molar-refractivity contribution in [3.05, 3.63) is 57.0 Å². The fourth-order valence-electron chi connectivity index (χ4n) is 1.79. The van der Waals surface area contributed by atoms with E-state index in [4.69, 9.17) is 16.7 Å². The first kappa shape index (κ1) is 14.6. The normalized spacial score (nSPS) is 10.6. The molecule has 0 spiro atoms. The number of aliphatic hydroxyl groups excluding tert-OH is 1. The maximum Gasteiger partial charge on any atom is 0.287 e. The molecule has 0 aliphatic heterocycles. The van der Waals surface area contributed by atoms with Crippen LogP contribution in [0.2, 0.25) is 5.02 Å². The minimum absolute atomic E-state index is 0.0487. The van der Waals surface area contributed by atoms with Gasteiger partial charge in [-0.3, -0.25) is 4.79 Å². The summed E-state index contributed by atoms with van der Waals surface area (Å²) < 4.78 is 1.20. The Morgan fingerprint density at radius 2 is 1.95 bits per heavy atom. The minimum atomic E-state index is -0.316. The van der Waals surface area contributed by atoms with Gasteiger partial charge < -0.3 is 10.4 Å². The van der Waals surface area contributed by atoms with Crippen LogP contribution in [0.15, 0.2) is 35.3 Å². The smallest absolute Gasteiger partial charge is 0.287 e. The third-order valence-corrected chi connectivity index (χ3v) is 3.38. The summed E-state index contributed by atoms with van der Waals surface area (Å²) in [7, 11) is 1.56. The highest BCUT2D eigenvalue weighted by Crippen LogP contribution is 2.15. The lowest BCUT2D eigenvalue weighted by Gasteiger charge is -2.08. The minimum Gasteiger partial charge on any atom is -0.392 e. The standard InChI is InChI=1S/C14H16ClN3O2/c1-18-14(20)13(15)12(8-17-18)16-7-6-10-2-4-11(9-19)5-3-10/h2-5,8,16,19H,6-7,9H2,1H3. The van der Waals surface area contributed by atoms with Gasteiger partial charge in [0, 0.05) is 13.6 Å². The molecule has 2 rings (SSSR count). The monoisotopic (exact) mass is 293 g/mol. The Bertz CT molecular complexity index is 638. The average Bonchev–Trinajstić information content (AvgIpc) is 2.48. The predicted octanol–water partition coefficient (Wildman–Crippen LogP) is 1.58. The Balaban J connectivity index is 1.96. The molecule has 0 radical (unpaired) electrons. The van der Waals surface area contributed by atoms with E-state index in [1.807, 2.05) is 24.3 Å². The van der Waals surface area contributed by atoms with Gasteiger partial charge in [-0.2, -0.15) is 5.10 Å². The van der Waals surface area contributed by atoms with E-state index in [-0.39, 0.29) is 17.2 Å². The van der Waals surface area contributed by atoms with Crippen LogP contribution in [0.1, 0.15) is 11.1 Å². The summed E-state index contributed by atoms with van der Waals surface area (Å²) in [5, 5.41) is 16.1. The lowest BCUT2D eigenvalue weighted by molar-refractivity contribution is 0.282. The third kappa shape index (κ3) is 3.37. The van der Waals surface area contributed by atoms with Crippen LogP contribution >= 0.6 is 11.6 Å². The van der Waals surface area contributed by atoms with Crippen molar-refractivity contribution in [3.63, 3.8) is 0 Å². The van der Waals surface area contributed by atoms with E-state index in [0.29, 0.717) is 12.2 Å². The number of aliphatic hydroxyl groups is 1. The SMILES string of the molecule is Cn1ncc(NCCc2ccc(CO)cc2)c(Cl)c1=O. The van der Waals surface area contributed by atoms with Crippen LogP contribution in [0, 0.1) is 0 Å². The first-order valence-electron chi connectivity index (χ1n) is 6.26. The number of hydrogen-bond acceptors (Lipinski definition) is 4. The molecule has 6 heteroatoms. The number of nitrogens with one attached hydrogen (secondary N) is 1. The number of anilines is 1. The summed E-state index contributed by atoms with van der Waals surface area (Å²) in [5.74, 6) is 0. The summed E-state index contributed by atoms with van der Waals surface area (Å²) in [4.78, 5) is 11.6. The molecule has 0 aliphatic carbocycles. The molecule has 0 unspecified atom stereocenters. The number of rotatable bonds is 5. The van der Waals surface area contributed by atoms with E-state index in [1.165, 1.54) is 4.68 Å². The first-order chi connectivity index (χ1) is 9.61. The fourth-order valence-corrected chi connectivity index (χ4v) is 2.02. The summed E-state index contributed by atoms with van der Waals surface area (Å²) in [6, 6.07) is 7.72. The molecular formula is C14H16ClN3O2. The molecule has 106 valence electrons. The Hall–Kier alpha value is -1.85. The van der Waals surface area contributed by atoms with Gasteiger partial charge in [0.2, 0.25) is 0 Å². The molecule has 1 heterocycles. The van der Waals surface area contributed by atoms with Crippen molar-refractivity contribution in [2.24, 2.45) is 7.05 Å². The third-order valence-electron chi connectivity index (χ3n) is 3.01. The van der Waals surface area contributed by atoms with Gasteiger partial charge in [-0.15, -0.1) is 0 Å². The quantitative estimate of drug-likeness (QED) is 0.878. The number of benzene rings is 1. The Kier molecular flexibility index (Phi) is 4.76. The van der Waals surface area contributed by atoms with Gasteiger partial charge in [0.25, 0.3) is 5.56 Å². The summed E-state index contributed by atoms with van der Waals surface area (Å²) in [5.41, 5.74) is 2.26. The van der Waals surface area contributed by atoms with Gasteiger partial charge in [-0.05, 0) is 17.5 Å². The Morgan fingerprint density at radius 1 is 1.30 bits per heavy atom. The maximum absolute atomic E-state index is 11.6. The lowest BCUT2D eigenvalue weighted by atomic mass is 10.1. The second-order valence-corrected chi connectivity index (χ2v) is 4.83. The molecule has 0 fully saturated rings. The first-order valence-corrected chi connectivity index (χ1v) is 6.64. The second kappa shape index (κ2) is 6.54. The van der Waals surface area contributed by atoms with Crippen molar-refractivity contribution in [1.82, 2.24) is 9.78 Å². The van der Waals surface area contributed by atoms with Gasteiger partial charge in [-0.1, -0.05) is 35.9 Å². The molecule has 0 aliphatic rings. The van der Waals surface area contributed by atoms with E-state index in [9.17, 15) is 4.79 Å². The molecule has 0 saturated carbocycles. The van der Waals surface area contributed by atoms with Gasteiger partial charge in [-0.25, -0.2) is 4.68 Å². The van der Waals surface area contributed by atoms with Crippen LogP contribution in [-0.2, 0) is 20.1 Å². The highest BCUT2D eigenvalue weighted by molar-refractivity contribution is 6.32. The van der Waals surface area contributed by atoms with E-state index in [2.05, 4.69) is 10.4 Å². The van der Waals surface area contributed by atoms with Crippen molar-refractivity contribution in [3.8, 4) is 0 Å². The summed E-state index contributed by atoms with van der Waals surface area (Å²) in [6.45, 7) is 0.695. The van der Waals surface area contributed by atoms with E-state index < -0.39 is 0 Å². The zero-order valence-corrected chi connectivity index (χ0v) is 11.9. The van der Waals surface area contributed by atoms with Crippen LogP contribution in [0.3, 0.4) is 0 Å². The van der Waals surface area contributed by atoms with Gasteiger partial charge in [0.05, 0.1) is 18.5 Å². The molecule has 0 bridgehead atoms. The predicted molar refractivity (Wildman–Crippen MR) is 79.0 cm³/mol. The summed E-state index contributed by atoms with van der Waals surface area (Å²) >= 11 is 5.96. The van der Waals surface area contributed by atoms with Crippen LogP contribution in [0.4, 0.5) is 5.69 Å². The Morgan fingerprint density at radius 3 is 2.60 bits per heavy atom. The highest BCUT2D eigenvalue weighted by atomic mass is 35.5. The molecule has 2 N–H and O–H groups in total. The molecule has 20 heavy (non-hydrogen) atoms. The van der Waals surface area contributed by atoms with Crippen LogP contribution < -0.4 is 10.9 Å². The molecule has 5 nitrogen and oxygen atoms in total. The van der Waals surface area contributed by atoms with Gasteiger partial charge in [0.15, 0.2) is 0 Å². The molecular weight excluding hydrogens is 278 g/mol. The number of aromatic nitrogens is 2. The van der Waals surface area contributed by atoms with Crippen LogP contribution in [0.25, 0.3) is 0 Å². The van der Waals surface area contributed by atoms with Crippen molar-refractivity contribution in [1.29, 1.82) is 0 Å². The highest BCUT2D eigenvalue weighted by Gasteiger charge is 2.06. The van der Waals surface area contributed by atoms with Gasteiger partial charge >= 0.3 is 0 Å². The lowest BCUT2D eigenvalue weighted by Crippen LogP contribution is -2.21.